The normalized spacial score (nSPS) is 22.0. The number of nitrogens with one attached hydrogen (secondary N) is 1. The molecule has 1 unspecified atom stereocenters. The molecule has 2 aliphatic heterocycles. The summed E-state index contributed by atoms with van der Waals surface area (Å²) in [5.74, 6) is -0.404. The highest BCUT2D eigenvalue weighted by atomic mass is 19.4. The van der Waals surface area contributed by atoms with Crippen LogP contribution in [-0.4, -0.2) is 63.0 Å². The lowest BCUT2D eigenvalue weighted by molar-refractivity contribution is -0.274. The highest BCUT2D eigenvalue weighted by Crippen LogP contribution is 2.32. The van der Waals surface area contributed by atoms with Crippen LogP contribution in [0.1, 0.15) is 23.4 Å². The van der Waals surface area contributed by atoms with Crippen molar-refractivity contribution in [3.05, 3.63) is 59.1 Å². The molecule has 5 rings (SSSR count). The summed E-state index contributed by atoms with van der Waals surface area (Å²) in [6.07, 6.45) is 2.21. The van der Waals surface area contributed by atoms with E-state index < -0.39 is 6.36 Å². The molecule has 2 atom stereocenters. The van der Waals surface area contributed by atoms with Gasteiger partial charge in [0.05, 0.1) is 11.4 Å². The average Bonchev–Trinajstić information content (AvgIpc) is 3.51. The van der Waals surface area contributed by atoms with Crippen LogP contribution in [0.15, 0.2) is 42.1 Å². The Morgan fingerprint density at radius 2 is 1.97 bits per heavy atom. The Morgan fingerprint density at radius 1 is 1.18 bits per heavy atom. The van der Waals surface area contributed by atoms with Gasteiger partial charge in [-0.25, -0.2) is 0 Å². The van der Waals surface area contributed by atoms with Crippen molar-refractivity contribution in [2.45, 2.75) is 25.6 Å². The zero-order chi connectivity index (χ0) is 23.9. The molecule has 1 aromatic carbocycles. The standard InChI is InChI=1S/C23H22F3N5O3/c24-23(25,26)34-18-5-1-14(2-6-18)3-8-21(32)30-10-16-12-31(13-17(16)11-30)22(33)15-4-7-19-20(9-15)28-29-27-19/h1-3,5-6,8,12,15,17H,4,7,9-11,13H2,(H,27,28,29)/t15?,17-/m0/s1. The van der Waals surface area contributed by atoms with Gasteiger partial charge in [-0.15, -0.1) is 18.3 Å². The van der Waals surface area contributed by atoms with Crippen molar-refractivity contribution in [3.63, 3.8) is 0 Å². The average molecular weight is 473 g/mol. The second-order valence-corrected chi connectivity index (χ2v) is 8.74. The highest BCUT2D eigenvalue weighted by Gasteiger charge is 2.39. The minimum Gasteiger partial charge on any atom is -0.406 e. The number of benzene rings is 1. The Kier molecular flexibility index (Phi) is 5.62. The second-order valence-electron chi connectivity index (χ2n) is 8.74. The number of alkyl halides is 3. The molecular weight excluding hydrogens is 451 g/mol. The van der Waals surface area contributed by atoms with Crippen molar-refractivity contribution < 1.29 is 27.5 Å². The lowest BCUT2D eigenvalue weighted by Crippen LogP contribution is -2.37. The lowest BCUT2D eigenvalue weighted by Gasteiger charge is -2.25. The fourth-order valence-electron chi connectivity index (χ4n) is 4.72. The zero-order valence-corrected chi connectivity index (χ0v) is 18.1. The Hall–Kier alpha value is -3.63. The molecule has 2 aromatic rings. The van der Waals surface area contributed by atoms with Crippen LogP contribution in [-0.2, 0) is 22.4 Å². The van der Waals surface area contributed by atoms with E-state index in [4.69, 9.17) is 0 Å². The topological polar surface area (TPSA) is 91.4 Å². The summed E-state index contributed by atoms with van der Waals surface area (Å²) in [7, 11) is 0. The molecule has 11 heteroatoms. The summed E-state index contributed by atoms with van der Waals surface area (Å²) >= 11 is 0. The third kappa shape index (κ3) is 4.68. The van der Waals surface area contributed by atoms with Gasteiger partial charge in [0.2, 0.25) is 11.8 Å². The molecule has 1 fully saturated rings. The number of fused-ring (bicyclic) bond motifs is 2. The fraction of sp³-hybridized carbons (Fsp3) is 0.391. The van der Waals surface area contributed by atoms with E-state index in [0.717, 1.165) is 29.8 Å². The minimum absolute atomic E-state index is 0.0891. The number of aromatic amines is 1. The van der Waals surface area contributed by atoms with Crippen LogP contribution in [0.3, 0.4) is 0 Å². The van der Waals surface area contributed by atoms with E-state index in [1.54, 1.807) is 15.9 Å². The van der Waals surface area contributed by atoms with Gasteiger partial charge in [0.1, 0.15) is 5.75 Å². The molecule has 0 bridgehead atoms. The van der Waals surface area contributed by atoms with E-state index in [9.17, 15) is 22.8 Å². The van der Waals surface area contributed by atoms with Gasteiger partial charge >= 0.3 is 6.36 Å². The summed E-state index contributed by atoms with van der Waals surface area (Å²) in [6.45, 7) is 1.54. The number of carbonyl (C=O) groups is 2. The number of halogens is 3. The summed E-state index contributed by atoms with van der Waals surface area (Å²) in [6, 6.07) is 5.29. The molecule has 1 aliphatic carbocycles. The third-order valence-electron chi connectivity index (χ3n) is 6.44. The summed E-state index contributed by atoms with van der Waals surface area (Å²) in [5, 5.41) is 10.8. The van der Waals surface area contributed by atoms with Crippen LogP contribution < -0.4 is 4.74 Å². The molecule has 3 aliphatic rings. The Bertz CT molecular complexity index is 1160. The van der Waals surface area contributed by atoms with Crippen LogP contribution in [0.4, 0.5) is 13.2 Å². The van der Waals surface area contributed by atoms with E-state index in [1.165, 1.54) is 30.3 Å². The van der Waals surface area contributed by atoms with Gasteiger partial charge in [-0.2, -0.15) is 0 Å². The first kappa shape index (κ1) is 22.2. The molecule has 0 saturated carbocycles. The van der Waals surface area contributed by atoms with Crippen LogP contribution in [0.25, 0.3) is 6.08 Å². The van der Waals surface area contributed by atoms with Crippen molar-refractivity contribution in [1.82, 2.24) is 25.2 Å². The molecule has 1 aromatic heterocycles. The number of likely N-dealkylation sites (tertiary alicyclic amines) is 1. The first-order valence-corrected chi connectivity index (χ1v) is 11.0. The first-order valence-electron chi connectivity index (χ1n) is 11.0. The summed E-state index contributed by atoms with van der Waals surface area (Å²) in [4.78, 5) is 29.1. The highest BCUT2D eigenvalue weighted by molar-refractivity contribution is 5.92. The van der Waals surface area contributed by atoms with Gasteiger partial charge in [0.25, 0.3) is 0 Å². The SMILES string of the molecule is O=C(C1CCc2[nH]nnc2C1)N1C=C2CN(C(=O)C=Cc3ccc(OC(F)(F)F)cc3)C[C@H]2C1. The van der Waals surface area contributed by atoms with Crippen molar-refractivity contribution in [1.29, 1.82) is 0 Å². The lowest BCUT2D eigenvalue weighted by atomic mass is 9.89. The van der Waals surface area contributed by atoms with Crippen LogP contribution in [0.5, 0.6) is 5.75 Å². The smallest absolute Gasteiger partial charge is 0.406 e. The predicted octanol–water partition coefficient (Wildman–Crippen LogP) is 2.71. The monoisotopic (exact) mass is 473 g/mol. The number of hydrogen-bond acceptors (Lipinski definition) is 5. The molecule has 0 spiro atoms. The number of aryl methyl sites for hydroxylation is 1. The van der Waals surface area contributed by atoms with Gasteiger partial charge < -0.3 is 14.5 Å². The van der Waals surface area contributed by atoms with Crippen LogP contribution in [0, 0.1) is 11.8 Å². The fourth-order valence-corrected chi connectivity index (χ4v) is 4.72. The largest absolute Gasteiger partial charge is 0.573 e. The number of ether oxygens (including phenoxy) is 1. The number of carbonyl (C=O) groups excluding carboxylic acids is 2. The van der Waals surface area contributed by atoms with Crippen molar-refractivity contribution in [3.8, 4) is 5.75 Å². The molecule has 3 heterocycles. The molecule has 1 N–H and O–H groups in total. The van der Waals surface area contributed by atoms with E-state index >= 15 is 0 Å². The molecule has 34 heavy (non-hydrogen) atoms. The quantitative estimate of drug-likeness (QED) is 0.690. The van der Waals surface area contributed by atoms with Crippen molar-refractivity contribution >= 4 is 17.9 Å². The van der Waals surface area contributed by atoms with Gasteiger partial charge in [-0.3, -0.25) is 14.7 Å². The summed E-state index contributed by atoms with van der Waals surface area (Å²) < 4.78 is 40.6. The van der Waals surface area contributed by atoms with E-state index in [2.05, 4.69) is 20.1 Å². The van der Waals surface area contributed by atoms with Gasteiger partial charge in [0.15, 0.2) is 0 Å². The molecular formula is C23H22F3N5O3. The molecule has 8 nitrogen and oxygen atoms in total. The summed E-state index contributed by atoms with van der Waals surface area (Å²) in [5.41, 5.74) is 3.51. The van der Waals surface area contributed by atoms with Crippen molar-refractivity contribution in [2.24, 2.45) is 11.8 Å². The van der Waals surface area contributed by atoms with Crippen LogP contribution >= 0.6 is 0 Å². The number of amides is 2. The maximum absolute atomic E-state index is 13.0. The Labute approximate surface area is 193 Å². The first-order chi connectivity index (χ1) is 16.2. The third-order valence-corrected chi connectivity index (χ3v) is 6.44. The van der Waals surface area contributed by atoms with Gasteiger partial charge in [-0.05, 0) is 42.2 Å². The number of rotatable bonds is 4. The molecule has 178 valence electrons. The molecule has 1 saturated heterocycles. The van der Waals surface area contributed by atoms with Crippen LogP contribution in [0.2, 0.25) is 0 Å². The Morgan fingerprint density at radius 3 is 2.71 bits per heavy atom. The number of H-pyrrole nitrogens is 1. The Balaban J connectivity index is 1.15. The van der Waals surface area contributed by atoms with E-state index in [0.29, 0.717) is 31.6 Å². The maximum atomic E-state index is 13.0. The number of nitrogens with zero attached hydrogens (tertiary/aromatic N) is 4. The van der Waals surface area contributed by atoms with E-state index in [1.807, 2.05) is 6.20 Å². The second kappa shape index (κ2) is 8.62. The molecule has 2 amide bonds. The number of aromatic nitrogens is 3. The predicted molar refractivity (Wildman–Crippen MR) is 114 cm³/mol. The minimum atomic E-state index is -4.74. The number of hydrogen-bond donors (Lipinski definition) is 1. The maximum Gasteiger partial charge on any atom is 0.573 e. The van der Waals surface area contributed by atoms with Gasteiger partial charge in [0, 0.05) is 50.2 Å². The zero-order valence-electron chi connectivity index (χ0n) is 18.1. The van der Waals surface area contributed by atoms with Gasteiger partial charge in [-0.1, -0.05) is 17.3 Å². The van der Waals surface area contributed by atoms with Crippen molar-refractivity contribution in [2.75, 3.05) is 19.6 Å². The van der Waals surface area contributed by atoms with E-state index in [-0.39, 0.29) is 29.4 Å². The molecule has 0 radical (unpaired) electrons.